The first-order valence-corrected chi connectivity index (χ1v) is 5.76. The third-order valence-electron chi connectivity index (χ3n) is 2.45. The molecule has 0 spiro atoms. The summed E-state index contributed by atoms with van der Waals surface area (Å²) in [4.78, 5) is 0. The Bertz CT molecular complexity index is 550. The van der Waals surface area contributed by atoms with Crippen LogP contribution in [0.25, 0.3) is 11.1 Å². The van der Waals surface area contributed by atoms with Gasteiger partial charge in [0, 0.05) is 4.47 Å². The van der Waals surface area contributed by atoms with Crippen LogP contribution in [0.15, 0.2) is 46.9 Å². The molecule has 1 nitrogen and oxygen atoms in total. The molecule has 0 N–H and O–H groups in total. The molecule has 2 aromatic rings. The molecule has 0 unspecified atom stereocenters. The molecule has 78 valence electrons. The van der Waals surface area contributed by atoms with E-state index in [1.165, 1.54) is 0 Å². The summed E-state index contributed by atoms with van der Waals surface area (Å²) < 4.78 is 1.04. The highest BCUT2D eigenvalue weighted by atomic mass is 79.9. The molecule has 0 heterocycles. The van der Waals surface area contributed by atoms with Crippen molar-refractivity contribution in [2.75, 3.05) is 0 Å². The number of hydrogen-bond donors (Lipinski definition) is 0. The van der Waals surface area contributed by atoms with E-state index in [-0.39, 0.29) is 0 Å². The zero-order chi connectivity index (χ0) is 11.5. The van der Waals surface area contributed by atoms with Crippen LogP contribution >= 0.6 is 15.9 Å². The fraction of sp³-hybridized carbons (Fsp3) is 0.0714. The summed E-state index contributed by atoms with van der Waals surface area (Å²) in [7, 11) is 0. The SMILES string of the molecule is Cc1ccc(-c2ccc(Br)cc2)c(C#N)c1. The molecular weight excluding hydrogens is 262 g/mol. The smallest absolute Gasteiger partial charge is 0.0998 e. The van der Waals surface area contributed by atoms with Crippen LogP contribution in [-0.2, 0) is 0 Å². The maximum Gasteiger partial charge on any atom is 0.0998 e. The molecule has 0 saturated carbocycles. The van der Waals surface area contributed by atoms with Crippen molar-refractivity contribution in [1.29, 1.82) is 5.26 Å². The van der Waals surface area contributed by atoms with Crippen molar-refractivity contribution in [3.05, 3.63) is 58.1 Å². The monoisotopic (exact) mass is 271 g/mol. The van der Waals surface area contributed by atoms with Gasteiger partial charge in [-0.05, 0) is 41.8 Å². The van der Waals surface area contributed by atoms with Crippen LogP contribution < -0.4 is 0 Å². The highest BCUT2D eigenvalue weighted by Crippen LogP contribution is 2.25. The third kappa shape index (κ3) is 2.15. The van der Waals surface area contributed by atoms with Gasteiger partial charge in [-0.25, -0.2) is 0 Å². The molecule has 0 atom stereocenters. The van der Waals surface area contributed by atoms with Gasteiger partial charge in [0.25, 0.3) is 0 Å². The lowest BCUT2D eigenvalue weighted by Gasteiger charge is -2.05. The third-order valence-corrected chi connectivity index (χ3v) is 2.98. The number of nitriles is 1. The average molecular weight is 272 g/mol. The largest absolute Gasteiger partial charge is 0.192 e. The molecule has 0 fully saturated rings. The van der Waals surface area contributed by atoms with E-state index in [9.17, 15) is 0 Å². The van der Waals surface area contributed by atoms with Crippen LogP contribution in [0.1, 0.15) is 11.1 Å². The number of benzene rings is 2. The molecule has 0 radical (unpaired) electrons. The molecule has 0 aliphatic rings. The Kier molecular flexibility index (Phi) is 3.07. The van der Waals surface area contributed by atoms with Gasteiger partial charge in [-0.2, -0.15) is 5.26 Å². The van der Waals surface area contributed by atoms with Gasteiger partial charge < -0.3 is 0 Å². The first-order chi connectivity index (χ1) is 7.70. The quantitative estimate of drug-likeness (QED) is 0.759. The summed E-state index contributed by atoms with van der Waals surface area (Å²) in [6.07, 6.45) is 0. The normalized spacial score (nSPS) is 9.81. The summed E-state index contributed by atoms with van der Waals surface area (Å²) in [6.45, 7) is 1.99. The minimum Gasteiger partial charge on any atom is -0.192 e. The predicted molar refractivity (Wildman–Crippen MR) is 69.0 cm³/mol. The second-order valence-electron chi connectivity index (χ2n) is 3.67. The molecule has 0 saturated heterocycles. The number of halogens is 1. The predicted octanol–water partition coefficient (Wildman–Crippen LogP) is 4.30. The van der Waals surface area contributed by atoms with Crippen LogP contribution in [0.3, 0.4) is 0 Å². The molecule has 0 aliphatic carbocycles. The molecule has 2 rings (SSSR count). The lowest BCUT2D eigenvalue weighted by Crippen LogP contribution is -1.85. The average Bonchev–Trinajstić information content (AvgIpc) is 2.30. The minimum absolute atomic E-state index is 0.724. The van der Waals surface area contributed by atoms with E-state index in [4.69, 9.17) is 5.26 Å². The van der Waals surface area contributed by atoms with Gasteiger partial charge in [-0.1, -0.05) is 40.2 Å². The van der Waals surface area contributed by atoms with Gasteiger partial charge in [0.2, 0.25) is 0 Å². The molecular formula is C14H10BrN. The van der Waals surface area contributed by atoms with Crippen LogP contribution in [-0.4, -0.2) is 0 Å². The van der Waals surface area contributed by atoms with Crippen molar-refractivity contribution in [2.45, 2.75) is 6.92 Å². The van der Waals surface area contributed by atoms with Crippen molar-refractivity contribution in [2.24, 2.45) is 0 Å². The Hall–Kier alpha value is -1.59. The Morgan fingerprint density at radius 2 is 1.75 bits per heavy atom. The van der Waals surface area contributed by atoms with E-state index in [0.29, 0.717) is 0 Å². The van der Waals surface area contributed by atoms with E-state index >= 15 is 0 Å². The lowest BCUT2D eigenvalue weighted by atomic mass is 9.99. The maximum absolute atomic E-state index is 9.10. The summed E-state index contributed by atoms with van der Waals surface area (Å²) in [5.74, 6) is 0. The first-order valence-electron chi connectivity index (χ1n) is 4.97. The number of hydrogen-bond acceptors (Lipinski definition) is 1. The standard InChI is InChI=1S/C14H10BrN/c1-10-2-7-14(12(8-10)9-16)11-3-5-13(15)6-4-11/h2-8H,1H3. The van der Waals surface area contributed by atoms with E-state index < -0.39 is 0 Å². The van der Waals surface area contributed by atoms with E-state index in [0.717, 1.165) is 26.7 Å². The number of rotatable bonds is 1. The van der Waals surface area contributed by atoms with Crippen molar-refractivity contribution < 1.29 is 0 Å². The Balaban J connectivity index is 2.56. The van der Waals surface area contributed by atoms with Gasteiger partial charge in [0.05, 0.1) is 11.6 Å². The fourth-order valence-electron chi connectivity index (χ4n) is 1.63. The maximum atomic E-state index is 9.10. The first kappa shape index (κ1) is 10.9. The summed E-state index contributed by atoms with van der Waals surface area (Å²) >= 11 is 3.40. The molecule has 2 heteroatoms. The summed E-state index contributed by atoms with van der Waals surface area (Å²) in [5, 5.41) is 9.10. The zero-order valence-corrected chi connectivity index (χ0v) is 10.5. The Labute approximate surface area is 103 Å². The topological polar surface area (TPSA) is 23.8 Å². The number of aryl methyl sites for hydroxylation is 1. The molecule has 0 aliphatic heterocycles. The van der Waals surface area contributed by atoms with Crippen molar-refractivity contribution in [3.8, 4) is 17.2 Å². The second kappa shape index (κ2) is 4.51. The molecule has 0 amide bonds. The van der Waals surface area contributed by atoms with Crippen LogP contribution in [0.2, 0.25) is 0 Å². The molecule has 2 aromatic carbocycles. The van der Waals surface area contributed by atoms with E-state index in [2.05, 4.69) is 22.0 Å². The molecule has 0 aromatic heterocycles. The van der Waals surface area contributed by atoms with E-state index in [1.807, 2.05) is 49.4 Å². The van der Waals surface area contributed by atoms with Gasteiger partial charge in [0.15, 0.2) is 0 Å². The summed E-state index contributed by atoms with van der Waals surface area (Å²) in [6, 6.07) is 16.2. The lowest BCUT2D eigenvalue weighted by molar-refractivity contribution is 1.42. The van der Waals surface area contributed by atoms with Crippen LogP contribution in [0, 0.1) is 18.3 Å². The van der Waals surface area contributed by atoms with Crippen molar-refractivity contribution in [3.63, 3.8) is 0 Å². The van der Waals surface area contributed by atoms with Gasteiger partial charge in [-0.3, -0.25) is 0 Å². The van der Waals surface area contributed by atoms with Gasteiger partial charge in [0.1, 0.15) is 0 Å². The minimum atomic E-state index is 0.724. The number of nitrogens with zero attached hydrogens (tertiary/aromatic N) is 1. The van der Waals surface area contributed by atoms with Crippen molar-refractivity contribution in [1.82, 2.24) is 0 Å². The van der Waals surface area contributed by atoms with E-state index in [1.54, 1.807) is 0 Å². The Morgan fingerprint density at radius 1 is 1.06 bits per heavy atom. The van der Waals surface area contributed by atoms with Gasteiger partial charge >= 0.3 is 0 Å². The van der Waals surface area contributed by atoms with Crippen LogP contribution in [0.4, 0.5) is 0 Å². The zero-order valence-electron chi connectivity index (χ0n) is 8.87. The Morgan fingerprint density at radius 3 is 2.38 bits per heavy atom. The van der Waals surface area contributed by atoms with Gasteiger partial charge in [-0.15, -0.1) is 0 Å². The van der Waals surface area contributed by atoms with Crippen LogP contribution in [0.5, 0.6) is 0 Å². The summed E-state index contributed by atoms with van der Waals surface area (Å²) in [5.41, 5.74) is 3.89. The highest BCUT2D eigenvalue weighted by Gasteiger charge is 2.04. The fourth-order valence-corrected chi connectivity index (χ4v) is 1.90. The highest BCUT2D eigenvalue weighted by molar-refractivity contribution is 9.10. The van der Waals surface area contributed by atoms with Crippen molar-refractivity contribution >= 4 is 15.9 Å². The molecule has 16 heavy (non-hydrogen) atoms. The molecule has 0 bridgehead atoms. The second-order valence-corrected chi connectivity index (χ2v) is 4.58.